The van der Waals surface area contributed by atoms with Gasteiger partial charge in [-0.2, -0.15) is 0 Å². The van der Waals surface area contributed by atoms with Gasteiger partial charge in [0.1, 0.15) is 0 Å². The highest BCUT2D eigenvalue weighted by Gasteiger charge is 2.33. The molecule has 1 saturated heterocycles. The molecule has 2 aliphatic rings. The third-order valence-corrected chi connectivity index (χ3v) is 4.83. The zero-order valence-corrected chi connectivity index (χ0v) is 13.1. The summed E-state index contributed by atoms with van der Waals surface area (Å²) in [5.41, 5.74) is 1.57. The van der Waals surface area contributed by atoms with Crippen LogP contribution in [0, 0.1) is 5.92 Å². The largest absolute Gasteiger partial charge is 0.466 e. The van der Waals surface area contributed by atoms with Gasteiger partial charge in [0, 0.05) is 12.5 Å². The van der Waals surface area contributed by atoms with Crippen LogP contribution in [0.4, 0.5) is 0 Å². The van der Waals surface area contributed by atoms with Crippen molar-refractivity contribution < 1.29 is 9.53 Å². The molecule has 20 heavy (non-hydrogen) atoms. The molecule has 0 spiro atoms. The van der Waals surface area contributed by atoms with Crippen LogP contribution < -0.4 is 0 Å². The van der Waals surface area contributed by atoms with Crippen LogP contribution in [0.3, 0.4) is 0 Å². The summed E-state index contributed by atoms with van der Waals surface area (Å²) in [6, 6.07) is 0.761. The number of carbonyl (C=O) groups is 1. The predicted molar refractivity (Wildman–Crippen MR) is 81.6 cm³/mol. The molecule has 2 atom stereocenters. The highest BCUT2D eigenvalue weighted by molar-refractivity contribution is 5.69. The van der Waals surface area contributed by atoms with Crippen LogP contribution in [0.25, 0.3) is 0 Å². The second-order valence-corrected chi connectivity index (χ2v) is 6.05. The first kappa shape index (κ1) is 15.6. The van der Waals surface area contributed by atoms with Crippen molar-refractivity contribution in [3.8, 4) is 0 Å². The highest BCUT2D eigenvalue weighted by Crippen LogP contribution is 2.37. The van der Waals surface area contributed by atoms with Gasteiger partial charge in [-0.05, 0) is 64.5 Å². The summed E-state index contributed by atoms with van der Waals surface area (Å²) in [5.74, 6) is 0.844. The van der Waals surface area contributed by atoms with Crippen LogP contribution in [0.15, 0.2) is 11.6 Å². The number of rotatable bonds is 5. The van der Waals surface area contributed by atoms with Crippen LogP contribution in [0.5, 0.6) is 0 Å². The van der Waals surface area contributed by atoms with Gasteiger partial charge in [-0.25, -0.2) is 0 Å². The molecule has 1 aliphatic carbocycles. The van der Waals surface area contributed by atoms with Crippen LogP contribution in [0.1, 0.15) is 58.8 Å². The van der Waals surface area contributed by atoms with E-state index < -0.39 is 0 Å². The van der Waals surface area contributed by atoms with Crippen molar-refractivity contribution in [1.29, 1.82) is 0 Å². The van der Waals surface area contributed by atoms with Crippen molar-refractivity contribution in [1.82, 2.24) is 4.90 Å². The van der Waals surface area contributed by atoms with Crippen LogP contribution >= 0.6 is 0 Å². The van der Waals surface area contributed by atoms with E-state index in [4.69, 9.17) is 4.74 Å². The molecule has 2 rings (SSSR count). The zero-order valence-electron chi connectivity index (χ0n) is 13.1. The van der Waals surface area contributed by atoms with E-state index in [0.717, 1.165) is 18.4 Å². The summed E-state index contributed by atoms with van der Waals surface area (Å²) in [5, 5.41) is 0. The number of allylic oxidation sites excluding steroid dienone is 1. The average molecular weight is 279 g/mol. The van der Waals surface area contributed by atoms with Crippen molar-refractivity contribution in [2.45, 2.75) is 64.8 Å². The third-order valence-electron chi connectivity index (χ3n) is 4.83. The second kappa shape index (κ2) is 7.82. The minimum Gasteiger partial charge on any atom is -0.466 e. The van der Waals surface area contributed by atoms with E-state index in [2.05, 4.69) is 17.9 Å². The van der Waals surface area contributed by atoms with E-state index in [1.165, 1.54) is 45.2 Å². The number of nitrogens with zero attached hydrogens (tertiary/aromatic N) is 1. The van der Waals surface area contributed by atoms with E-state index >= 15 is 0 Å². The first-order valence-electron chi connectivity index (χ1n) is 8.32. The first-order chi connectivity index (χ1) is 9.74. The molecule has 1 heterocycles. The van der Waals surface area contributed by atoms with Crippen molar-refractivity contribution in [3.05, 3.63) is 11.6 Å². The molecule has 0 aromatic heterocycles. The number of hydrogen-bond donors (Lipinski definition) is 0. The summed E-state index contributed by atoms with van der Waals surface area (Å²) >= 11 is 0. The number of piperidine rings is 1. The Kier molecular flexibility index (Phi) is 6.08. The number of ether oxygens (including phenoxy) is 1. The summed E-state index contributed by atoms with van der Waals surface area (Å²) in [4.78, 5) is 14.0. The minimum atomic E-state index is -0.0640. The molecule has 3 heteroatoms. The normalized spacial score (nSPS) is 29.2. The molecular formula is C17H29NO2. The molecule has 0 bridgehead atoms. The number of likely N-dealkylation sites (tertiary alicyclic amines) is 1. The van der Waals surface area contributed by atoms with Crippen molar-refractivity contribution in [2.24, 2.45) is 5.92 Å². The van der Waals surface area contributed by atoms with E-state index in [-0.39, 0.29) is 5.97 Å². The van der Waals surface area contributed by atoms with E-state index in [1.54, 1.807) is 5.57 Å². The topological polar surface area (TPSA) is 29.5 Å². The lowest BCUT2D eigenvalue weighted by atomic mass is 9.76. The standard InChI is InChI=1S/C17H29NO2/c1-3-18-12-6-8-15-11-10-14(13-16(15)18)7-5-9-17(19)20-4-2/h7,15-16H,3-6,8-13H2,1-2H3/b14-7+/t15-,16-/m1/s1. The molecule has 0 aromatic carbocycles. The SMILES string of the molecule is CCOC(=O)CC/C=C1\CC[C@H]2CCCN(CC)[C@@H]2C1. The van der Waals surface area contributed by atoms with E-state index in [0.29, 0.717) is 13.0 Å². The number of fused-ring (bicyclic) bond motifs is 1. The van der Waals surface area contributed by atoms with Gasteiger partial charge in [-0.15, -0.1) is 0 Å². The van der Waals surface area contributed by atoms with Crippen molar-refractivity contribution in [3.63, 3.8) is 0 Å². The van der Waals surface area contributed by atoms with Crippen LogP contribution in [0.2, 0.25) is 0 Å². The Bertz CT molecular complexity index is 345. The summed E-state index contributed by atoms with van der Waals surface area (Å²) < 4.78 is 4.98. The summed E-state index contributed by atoms with van der Waals surface area (Å²) in [7, 11) is 0. The van der Waals surface area contributed by atoms with Crippen LogP contribution in [-0.4, -0.2) is 36.6 Å². The smallest absolute Gasteiger partial charge is 0.306 e. The maximum atomic E-state index is 11.4. The van der Waals surface area contributed by atoms with Crippen molar-refractivity contribution >= 4 is 5.97 Å². The summed E-state index contributed by atoms with van der Waals surface area (Å²) in [6.07, 6.45) is 10.3. The molecule has 1 aliphatic heterocycles. The first-order valence-corrected chi connectivity index (χ1v) is 8.32. The molecule has 0 aromatic rings. The van der Waals surface area contributed by atoms with E-state index in [1.807, 2.05) is 6.92 Å². The van der Waals surface area contributed by atoms with E-state index in [9.17, 15) is 4.79 Å². The maximum absolute atomic E-state index is 11.4. The second-order valence-electron chi connectivity index (χ2n) is 6.05. The lowest BCUT2D eigenvalue weighted by Crippen LogP contribution is -2.46. The van der Waals surface area contributed by atoms with Gasteiger partial charge in [0.2, 0.25) is 0 Å². The molecular weight excluding hydrogens is 250 g/mol. The van der Waals surface area contributed by atoms with Gasteiger partial charge in [-0.3, -0.25) is 4.79 Å². The third kappa shape index (κ3) is 4.08. The molecule has 0 radical (unpaired) electrons. The number of hydrogen-bond acceptors (Lipinski definition) is 3. The minimum absolute atomic E-state index is 0.0640. The van der Waals surface area contributed by atoms with Gasteiger partial charge in [0.15, 0.2) is 0 Å². The Morgan fingerprint density at radius 1 is 1.40 bits per heavy atom. The molecule has 0 N–H and O–H groups in total. The monoisotopic (exact) mass is 279 g/mol. The fourth-order valence-corrected chi connectivity index (χ4v) is 3.79. The van der Waals surface area contributed by atoms with Crippen molar-refractivity contribution in [2.75, 3.05) is 19.7 Å². The Morgan fingerprint density at radius 2 is 2.25 bits per heavy atom. The average Bonchev–Trinajstić information content (AvgIpc) is 2.47. The Balaban J connectivity index is 1.83. The highest BCUT2D eigenvalue weighted by atomic mass is 16.5. The molecule has 3 nitrogen and oxygen atoms in total. The van der Waals surface area contributed by atoms with Gasteiger partial charge in [0.05, 0.1) is 6.61 Å². The molecule has 114 valence electrons. The summed E-state index contributed by atoms with van der Waals surface area (Å²) in [6.45, 7) is 7.08. The zero-order chi connectivity index (χ0) is 14.4. The number of esters is 1. The van der Waals surface area contributed by atoms with Gasteiger partial charge in [0.25, 0.3) is 0 Å². The van der Waals surface area contributed by atoms with Gasteiger partial charge >= 0.3 is 5.97 Å². The molecule has 2 fully saturated rings. The Morgan fingerprint density at radius 3 is 3.00 bits per heavy atom. The Labute approximate surface area is 123 Å². The lowest BCUT2D eigenvalue weighted by Gasteiger charge is -2.44. The fourth-order valence-electron chi connectivity index (χ4n) is 3.79. The van der Waals surface area contributed by atoms with Crippen LogP contribution in [-0.2, 0) is 9.53 Å². The fraction of sp³-hybridized carbons (Fsp3) is 0.824. The van der Waals surface area contributed by atoms with Gasteiger partial charge in [-0.1, -0.05) is 18.6 Å². The molecule has 1 saturated carbocycles. The quantitative estimate of drug-likeness (QED) is 0.569. The Hall–Kier alpha value is -0.830. The number of carbonyl (C=O) groups excluding carboxylic acids is 1. The van der Waals surface area contributed by atoms with Gasteiger partial charge < -0.3 is 9.64 Å². The maximum Gasteiger partial charge on any atom is 0.306 e. The molecule has 0 unspecified atom stereocenters. The lowest BCUT2D eigenvalue weighted by molar-refractivity contribution is -0.143. The predicted octanol–water partition coefficient (Wildman–Crippen LogP) is 3.54. The molecule has 0 amide bonds.